The maximum absolute atomic E-state index is 14.1. The lowest BCUT2D eigenvalue weighted by Gasteiger charge is -2.19. The van der Waals surface area contributed by atoms with Gasteiger partial charge in [0.25, 0.3) is 17.7 Å². The molecule has 4 aromatic rings. The number of carbonyl (C=O) groups is 3. The van der Waals surface area contributed by atoms with Crippen molar-refractivity contribution in [3.63, 3.8) is 0 Å². The Hall–Kier alpha value is -4.81. The van der Waals surface area contributed by atoms with E-state index in [2.05, 4.69) is 15.6 Å². The lowest BCUT2D eigenvalue weighted by atomic mass is 9.95. The van der Waals surface area contributed by atoms with E-state index < -0.39 is 52.7 Å². The average molecular weight is 529 g/mol. The van der Waals surface area contributed by atoms with Gasteiger partial charge in [0.15, 0.2) is 0 Å². The molecule has 3 heterocycles. The number of halogens is 5. The van der Waals surface area contributed by atoms with Gasteiger partial charge in [-0.25, -0.2) is 13.8 Å². The zero-order valence-electron chi connectivity index (χ0n) is 19.3. The van der Waals surface area contributed by atoms with Crippen LogP contribution >= 0.6 is 0 Å². The molecule has 4 N–H and O–H groups in total. The molecule has 8 nitrogen and oxygen atoms in total. The molecule has 5 rings (SSSR count). The fourth-order valence-electron chi connectivity index (χ4n) is 4.39. The number of alkyl halides is 3. The summed E-state index contributed by atoms with van der Waals surface area (Å²) in [6, 6.07) is 5.54. The molecular formula is C25H16F5N5O3. The molecule has 38 heavy (non-hydrogen) atoms. The molecule has 0 aliphatic carbocycles. The number of nitrogens with one attached hydrogen (secondary N) is 2. The van der Waals surface area contributed by atoms with Crippen LogP contribution in [0.5, 0.6) is 0 Å². The molecule has 0 spiro atoms. The van der Waals surface area contributed by atoms with E-state index in [1.54, 1.807) is 6.92 Å². The first-order valence-electron chi connectivity index (χ1n) is 11.0. The highest BCUT2D eigenvalue weighted by Crippen LogP contribution is 2.39. The molecule has 2 aromatic carbocycles. The third-order valence-corrected chi connectivity index (χ3v) is 6.11. The topological polar surface area (TPSA) is 119 Å². The van der Waals surface area contributed by atoms with E-state index in [4.69, 9.17) is 5.73 Å². The third-order valence-electron chi connectivity index (χ3n) is 6.11. The molecule has 13 heteroatoms. The number of imidazole rings is 1. The van der Waals surface area contributed by atoms with Crippen LogP contribution in [0.15, 0.2) is 48.7 Å². The molecule has 194 valence electrons. The number of hydrogen-bond donors (Lipinski definition) is 3. The Bertz CT molecular complexity index is 1680. The zero-order valence-corrected chi connectivity index (χ0v) is 19.3. The maximum atomic E-state index is 14.1. The van der Waals surface area contributed by atoms with Gasteiger partial charge in [-0.1, -0.05) is 6.07 Å². The number of aryl methyl sites for hydroxylation is 1. The lowest BCUT2D eigenvalue weighted by Crippen LogP contribution is -2.22. The van der Waals surface area contributed by atoms with Crippen molar-refractivity contribution >= 4 is 29.1 Å². The first-order valence-corrected chi connectivity index (χ1v) is 11.0. The van der Waals surface area contributed by atoms with Crippen LogP contribution in [-0.2, 0) is 6.18 Å². The van der Waals surface area contributed by atoms with Gasteiger partial charge in [-0.2, -0.15) is 13.2 Å². The van der Waals surface area contributed by atoms with Gasteiger partial charge in [-0.15, -0.1) is 0 Å². The van der Waals surface area contributed by atoms with Crippen molar-refractivity contribution in [1.82, 2.24) is 14.7 Å². The van der Waals surface area contributed by atoms with Gasteiger partial charge in [0.05, 0.1) is 17.3 Å². The molecule has 0 bridgehead atoms. The van der Waals surface area contributed by atoms with E-state index in [1.165, 1.54) is 34.9 Å². The summed E-state index contributed by atoms with van der Waals surface area (Å²) in [6.07, 6.45) is -3.70. The van der Waals surface area contributed by atoms with Crippen molar-refractivity contribution in [1.29, 1.82) is 0 Å². The number of rotatable bonds is 4. The van der Waals surface area contributed by atoms with Crippen molar-refractivity contribution in [2.45, 2.75) is 19.1 Å². The lowest BCUT2D eigenvalue weighted by molar-refractivity contribution is -0.137. The molecule has 0 saturated carbocycles. The molecule has 1 unspecified atom stereocenters. The summed E-state index contributed by atoms with van der Waals surface area (Å²) >= 11 is 0. The molecule has 2 aromatic heterocycles. The highest BCUT2D eigenvalue weighted by atomic mass is 19.4. The summed E-state index contributed by atoms with van der Waals surface area (Å²) in [5.74, 6) is -4.55. The molecule has 1 aliphatic heterocycles. The number of hydrogen-bond acceptors (Lipinski definition) is 4. The second-order valence-corrected chi connectivity index (χ2v) is 8.63. The first kappa shape index (κ1) is 24.9. The van der Waals surface area contributed by atoms with Gasteiger partial charge in [0.2, 0.25) is 0 Å². The largest absolute Gasteiger partial charge is 0.416 e. The number of nitrogens with two attached hydrogens (primary N) is 1. The van der Waals surface area contributed by atoms with Gasteiger partial charge in [-0.05, 0) is 48.4 Å². The summed E-state index contributed by atoms with van der Waals surface area (Å²) in [5.41, 5.74) is 4.03. The Morgan fingerprint density at radius 2 is 1.82 bits per heavy atom. The second-order valence-electron chi connectivity index (χ2n) is 8.63. The number of pyridine rings is 1. The van der Waals surface area contributed by atoms with Crippen LogP contribution in [0, 0.1) is 18.6 Å². The van der Waals surface area contributed by atoms with Crippen molar-refractivity contribution in [2.24, 2.45) is 5.73 Å². The number of benzene rings is 2. The van der Waals surface area contributed by atoms with Crippen LogP contribution in [0.2, 0.25) is 0 Å². The van der Waals surface area contributed by atoms with Crippen molar-refractivity contribution in [3.8, 4) is 0 Å². The Morgan fingerprint density at radius 3 is 2.50 bits per heavy atom. The minimum atomic E-state index is -4.91. The number of aromatic nitrogens is 2. The standard InChI is InChI=1S/C25H16F5N5O3/c1-10-2-3-13(26)7-15(10)20-19-16(33-23(37)11-4-12(25(28,29)30)6-14(27)5-11)8-18-32-17(22(31)36)9-35(18)21(19)24(38)34-20/h2-9,20H,1H3,(H2,31,36)(H,33,37)(H,34,38). The van der Waals surface area contributed by atoms with Crippen LogP contribution in [0.25, 0.3) is 5.65 Å². The molecule has 3 amide bonds. The van der Waals surface area contributed by atoms with E-state index in [0.29, 0.717) is 23.3 Å². The predicted octanol–water partition coefficient (Wildman–Crippen LogP) is 4.12. The van der Waals surface area contributed by atoms with E-state index in [1.807, 2.05) is 0 Å². The smallest absolute Gasteiger partial charge is 0.364 e. The zero-order chi connectivity index (χ0) is 27.5. The molecule has 0 radical (unpaired) electrons. The Morgan fingerprint density at radius 1 is 1.08 bits per heavy atom. The van der Waals surface area contributed by atoms with Gasteiger partial charge in [-0.3, -0.25) is 18.8 Å². The van der Waals surface area contributed by atoms with Gasteiger partial charge < -0.3 is 16.4 Å². The number of nitrogens with zero attached hydrogens (tertiary/aromatic N) is 2. The SMILES string of the molecule is Cc1ccc(F)cc1C1NC(=O)c2c1c(NC(=O)c1cc(F)cc(C(F)(F)F)c1)cc1nc(C(N)=O)cn21. The van der Waals surface area contributed by atoms with E-state index in [0.717, 1.165) is 0 Å². The number of primary amides is 1. The number of anilines is 1. The quantitative estimate of drug-likeness (QED) is 0.345. The fourth-order valence-corrected chi connectivity index (χ4v) is 4.39. The van der Waals surface area contributed by atoms with Gasteiger partial charge >= 0.3 is 6.18 Å². The van der Waals surface area contributed by atoms with E-state index >= 15 is 0 Å². The van der Waals surface area contributed by atoms with Crippen LogP contribution in [-0.4, -0.2) is 27.1 Å². The Labute approximate surface area is 210 Å². The van der Waals surface area contributed by atoms with Gasteiger partial charge in [0.1, 0.15) is 28.7 Å². The van der Waals surface area contributed by atoms with Crippen LogP contribution in [0.3, 0.4) is 0 Å². The molecular weight excluding hydrogens is 513 g/mol. The minimum absolute atomic E-state index is 0.00911. The van der Waals surface area contributed by atoms with E-state index in [9.17, 15) is 36.3 Å². The highest BCUT2D eigenvalue weighted by Gasteiger charge is 2.37. The predicted molar refractivity (Wildman–Crippen MR) is 124 cm³/mol. The fraction of sp³-hybridized carbons (Fsp3) is 0.120. The number of amides is 3. The summed E-state index contributed by atoms with van der Waals surface area (Å²) in [5, 5.41) is 5.12. The van der Waals surface area contributed by atoms with E-state index in [-0.39, 0.29) is 34.4 Å². The summed E-state index contributed by atoms with van der Waals surface area (Å²) in [7, 11) is 0. The van der Waals surface area contributed by atoms with Gasteiger partial charge in [0, 0.05) is 23.4 Å². The second kappa shape index (κ2) is 8.64. The highest BCUT2D eigenvalue weighted by molar-refractivity contribution is 6.08. The number of carbonyl (C=O) groups excluding carboxylic acids is 3. The summed E-state index contributed by atoms with van der Waals surface area (Å²) in [6.45, 7) is 1.67. The Balaban J connectivity index is 1.70. The minimum Gasteiger partial charge on any atom is -0.364 e. The van der Waals surface area contributed by atoms with Crippen molar-refractivity contribution in [3.05, 3.63) is 99.5 Å². The normalized spacial score (nSPS) is 14.9. The van der Waals surface area contributed by atoms with Crippen LogP contribution < -0.4 is 16.4 Å². The molecule has 1 aliphatic rings. The average Bonchev–Trinajstić information content (AvgIpc) is 3.41. The maximum Gasteiger partial charge on any atom is 0.416 e. The third kappa shape index (κ3) is 4.21. The molecule has 0 saturated heterocycles. The van der Waals surface area contributed by atoms with Crippen molar-refractivity contribution in [2.75, 3.05) is 5.32 Å². The van der Waals surface area contributed by atoms with Crippen molar-refractivity contribution < 1.29 is 36.3 Å². The first-order chi connectivity index (χ1) is 17.8. The Kier molecular flexibility index (Phi) is 5.66. The number of fused-ring (bicyclic) bond motifs is 3. The van der Waals surface area contributed by atoms with Crippen LogP contribution in [0.1, 0.15) is 59.6 Å². The monoisotopic (exact) mass is 529 g/mol. The molecule has 1 atom stereocenters. The summed E-state index contributed by atoms with van der Waals surface area (Å²) in [4.78, 5) is 41.9. The summed E-state index contributed by atoms with van der Waals surface area (Å²) < 4.78 is 68.9. The van der Waals surface area contributed by atoms with Crippen LogP contribution in [0.4, 0.5) is 27.6 Å². The molecule has 0 fully saturated rings.